The SMILES string of the molecule is COc1nc(-c2cccc(-c3cccc(Nc4nc(C)nc5c4c(=O)n(C)c(=O)n5C)c3Cl)c2Cl)cc2c1C(NC[C@H]1CCC(=O)N1)CC2. The summed E-state index contributed by atoms with van der Waals surface area (Å²) in [6.07, 6.45) is 3.14. The molecule has 1 aliphatic heterocycles. The van der Waals surface area contributed by atoms with Gasteiger partial charge in [-0.25, -0.2) is 19.7 Å². The molecule has 4 heterocycles. The lowest BCUT2D eigenvalue weighted by Gasteiger charge is -2.20. The monoisotopic (exact) mass is 700 g/mol. The molecule has 252 valence electrons. The summed E-state index contributed by atoms with van der Waals surface area (Å²) >= 11 is 14.2. The third kappa shape index (κ3) is 5.83. The summed E-state index contributed by atoms with van der Waals surface area (Å²) in [4.78, 5) is 51.2. The van der Waals surface area contributed by atoms with Gasteiger partial charge in [-0.2, -0.15) is 0 Å². The quantitative estimate of drug-likeness (QED) is 0.204. The molecular formula is C35H34Cl2N8O4. The maximum atomic E-state index is 13.2. The predicted molar refractivity (Wildman–Crippen MR) is 190 cm³/mol. The second-order valence-corrected chi connectivity index (χ2v) is 13.1. The number of carbonyl (C=O) groups excluding carboxylic acids is 1. The van der Waals surface area contributed by atoms with E-state index in [1.807, 2.05) is 30.3 Å². The van der Waals surface area contributed by atoms with Crippen LogP contribution in [0.5, 0.6) is 5.88 Å². The number of hydrogen-bond acceptors (Lipinski definition) is 9. The number of hydrogen-bond donors (Lipinski definition) is 3. The fraction of sp³-hybridized carbons (Fsp3) is 0.314. The Labute approximate surface area is 291 Å². The van der Waals surface area contributed by atoms with Crippen LogP contribution in [0.1, 0.15) is 42.3 Å². The summed E-state index contributed by atoms with van der Waals surface area (Å²) in [6.45, 7) is 2.37. The van der Waals surface area contributed by atoms with E-state index in [9.17, 15) is 14.4 Å². The second-order valence-electron chi connectivity index (χ2n) is 12.4. The van der Waals surface area contributed by atoms with Crippen LogP contribution in [0.25, 0.3) is 33.4 Å². The van der Waals surface area contributed by atoms with Crippen molar-refractivity contribution in [3.05, 3.63) is 90.3 Å². The Bertz CT molecular complexity index is 2290. The topological polar surface area (TPSA) is 145 Å². The molecule has 2 aromatic carbocycles. The van der Waals surface area contributed by atoms with Crippen LogP contribution in [0.2, 0.25) is 10.0 Å². The zero-order valence-corrected chi connectivity index (χ0v) is 28.9. The molecule has 3 N–H and O–H groups in total. The molecule has 1 amide bonds. The number of amides is 1. The number of ether oxygens (including phenoxy) is 1. The molecule has 0 radical (unpaired) electrons. The molecular weight excluding hydrogens is 667 g/mol. The summed E-state index contributed by atoms with van der Waals surface area (Å²) in [5, 5.41) is 10.8. The minimum Gasteiger partial charge on any atom is -0.481 e. The molecule has 1 unspecified atom stereocenters. The number of nitrogens with zero attached hydrogens (tertiary/aromatic N) is 5. The van der Waals surface area contributed by atoms with Gasteiger partial charge < -0.3 is 20.7 Å². The Kier molecular flexibility index (Phi) is 8.64. The molecule has 2 aliphatic rings. The number of anilines is 2. The highest BCUT2D eigenvalue weighted by Gasteiger charge is 2.30. The number of fused-ring (bicyclic) bond motifs is 2. The Morgan fingerprint density at radius 1 is 0.939 bits per heavy atom. The normalized spacial score (nSPS) is 17.0. The highest BCUT2D eigenvalue weighted by atomic mass is 35.5. The number of nitrogens with one attached hydrogen (secondary N) is 3. The van der Waals surface area contributed by atoms with Crippen molar-refractivity contribution in [2.75, 3.05) is 19.0 Å². The van der Waals surface area contributed by atoms with Crippen molar-refractivity contribution in [2.45, 2.75) is 44.7 Å². The zero-order chi connectivity index (χ0) is 34.6. The fourth-order valence-corrected chi connectivity index (χ4v) is 7.38. The summed E-state index contributed by atoms with van der Waals surface area (Å²) in [6, 6.07) is 13.4. The predicted octanol–water partition coefficient (Wildman–Crippen LogP) is 4.98. The van der Waals surface area contributed by atoms with Gasteiger partial charge in [-0.05, 0) is 43.9 Å². The van der Waals surface area contributed by atoms with Crippen molar-refractivity contribution < 1.29 is 9.53 Å². The third-order valence-electron chi connectivity index (χ3n) is 9.28. The van der Waals surface area contributed by atoms with Crippen molar-refractivity contribution in [1.82, 2.24) is 34.7 Å². The molecule has 1 fully saturated rings. The second kappa shape index (κ2) is 12.9. The molecule has 0 bridgehead atoms. The Hall–Kier alpha value is -4.78. The Morgan fingerprint density at radius 2 is 1.67 bits per heavy atom. The lowest BCUT2D eigenvalue weighted by molar-refractivity contribution is -0.119. The van der Waals surface area contributed by atoms with Gasteiger partial charge in [0.1, 0.15) is 17.0 Å². The first-order valence-electron chi connectivity index (χ1n) is 16.0. The molecule has 7 rings (SSSR count). The van der Waals surface area contributed by atoms with Gasteiger partial charge in [-0.1, -0.05) is 53.5 Å². The number of pyridine rings is 1. The van der Waals surface area contributed by atoms with Crippen LogP contribution >= 0.6 is 23.2 Å². The van der Waals surface area contributed by atoms with Gasteiger partial charge in [0.2, 0.25) is 11.8 Å². The van der Waals surface area contributed by atoms with E-state index >= 15 is 0 Å². The Balaban J connectivity index is 1.23. The first-order valence-corrected chi connectivity index (χ1v) is 16.7. The average molecular weight is 702 g/mol. The van der Waals surface area contributed by atoms with E-state index in [1.165, 1.54) is 11.6 Å². The largest absolute Gasteiger partial charge is 0.481 e. The molecule has 49 heavy (non-hydrogen) atoms. The highest BCUT2D eigenvalue weighted by Crippen LogP contribution is 2.44. The van der Waals surface area contributed by atoms with E-state index in [-0.39, 0.29) is 34.8 Å². The van der Waals surface area contributed by atoms with E-state index in [1.54, 1.807) is 27.1 Å². The number of benzene rings is 2. The van der Waals surface area contributed by atoms with Crippen molar-refractivity contribution in [1.29, 1.82) is 0 Å². The maximum absolute atomic E-state index is 13.2. The Morgan fingerprint density at radius 3 is 2.41 bits per heavy atom. The van der Waals surface area contributed by atoms with Crippen LogP contribution in [0, 0.1) is 6.92 Å². The highest BCUT2D eigenvalue weighted by molar-refractivity contribution is 6.39. The molecule has 2 atom stereocenters. The van der Waals surface area contributed by atoms with Gasteiger partial charge in [-0.3, -0.25) is 18.7 Å². The molecule has 0 saturated carbocycles. The van der Waals surface area contributed by atoms with Crippen LogP contribution in [0.3, 0.4) is 0 Å². The van der Waals surface area contributed by atoms with Gasteiger partial charge >= 0.3 is 5.69 Å². The number of methoxy groups -OCH3 is 1. The van der Waals surface area contributed by atoms with Crippen LogP contribution < -0.4 is 31.9 Å². The van der Waals surface area contributed by atoms with Gasteiger partial charge in [0, 0.05) is 61.4 Å². The smallest absolute Gasteiger partial charge is 0.332 e. The standard InChI is InChI=1S/C35H34Cl2N8O4/c1-17-39-31(28-32(40-17)44(2)35(48)45(3)34(28)47)42-24-10-6-8-21(30(24)37)20-7-5-9-22(29(20)36)25-15-18-11-13-23(27(18)33(43-25)49-4)38-16-19-12-14-26(46)41-19/h5-10,15,19,23,38H,11-14,16H2,1-4H3,(H,41,46)(H,39,40,42)/t19-,23?/m1/s1. The number of carbonyl (C=O) groups is 1. The minimum absolute atomic E-state index is 0.0701. The number of rotatable bonds is 8. The van der Waals surface area contributed by atoms with E-state index in [0.29, 0.717) is 57.2 Å². The first-order chi connectivity index (χ1) is 23.5. The lowest BCUT2D eigenvalue weighted by atomic mass is 9.99. The van der Waals surface area contributed by atoms with Gasteiger partial charge in [0.15, 0.2) is 5.65 Å². The number of halogens is 2. The van der Waals surface area contributed by atoms with Crippen molar-refractivity contribution in [3.8, 4) is 28.3 Å². The van der Waals surface area contributed by atoms with Crippen molar-refractivity contribution in [3.63, 3.8) is 0 Å². The van der Waals surface area contributed by atoms with Crippen LogP contribution in [0.4, 0.5) is 11.5 Å². The average Bonchev–Trinajstić information content (AvgIpc) is 3.71. The number of aryl methyl sites for hydroxylation is 3. The lowest BCUT2D eigenvalue weighted by Crippen LogP contribution is -2.37. The van der Waals surface area contributed by atoms with E-state index in [0.717, 1.165) is 40.5 Å². The molecule has 12 nitrogen and oxygen atoms in total. The van der Waals surface area contributed by atoms with Crippen LogP contribution in [-0.2, 0) is 25.3 Å². The minimum atomic E-state index is -0.523. The molecule has 1 saturated heterocycles. The van der Waals surface area contributed by atoms with Gasteiger partial charge in [-0.15, -0.1) is 0 Å². The van der Waals surface area contributed by atoms with E-state index < -0.39 is 11.2 Å². The van der Waals surface area contributed by atoms with E-state index in [4.69, 9.17) is 32.9 Å². The molecule has 1 aliphatic carbocycles. The number of aromatic nitrogens is 5. The van der Waals surface area contributed by atoms with Crippen molar-refractivity contribution >= 4 is 51.6 Å². The van der Waals surface area contributed by atoms with Crippen molar-refractivity contribution in [2.24, 2.45) is 14.1 Å². The summed E-state index contributed by atoms with van der Waals surface area (Å²) in [5.74, 6) is 1.25. The zero-order valence-electron chi connectivity index (χ0n) is 27.4. The van der Waals surface area contributed by atoms with Gasteiger partial charge in [0.25, 0.3) is 5.56 Å². The molecule has 3 aromatic heterocycles. The fourth-order valence-electron chi connectivity index (χ4n) is 6.78. The molecule has 0 spiro atoms. The van der Waals surface area contributed by atoms with E-state index in [2.05, 4.69) is 32.0 Å². The molecule has 14 heteroatoms. The summed E-state index contributed by atoms with van der Waals surface area (Å²) < 4.78 is 8.14. The van der Waals surface area contributed by atoms with Crippen LogP contribution in [0.15, 0.2) is 52.1 Å². The first kappa shape index (κ1) is 32.8. The summed E-state index contributed by atoms with van der Waals surface area (Å²) in [7, 11) is 4.59. The molecule has 5 aromatic rings. The van der Waals surface area contributed by atoms with Crippen LogP contribution in [-0.4, -0.2) is 49.7 Å². The summed E-state index contributed by atoms with van der Waals surface area (Å²) in [5.41, 5.74) is 4.62. The maximum Gasteiger partial charge on any atom is 0.332 e. The van der Waals surface area contributed by atoms with Gasteiger partial charge in [0.05, 0.1) is 28.5 Å². The third-order valence-corrected chi connectivity index (χ3v) is 10.1.